The Labute approximate surface area is 140 Å². The van der Waals surface area contributed by atoms with Crippen molar-refractivity contribution in [3.63, 3.8) is 0 Å². The van der Waals surface area contributed by atoms with Crippen LogP contribution in [0.4, 0.5) is 5.69 Å². The van der Waals surface area contributed by atoms with E-state index in [1.807, 2.05) is 18.2 Å². The first-order valence-electron chi connectivity index (χ1n) is 7.88. The summed E-state index contributed by atoms with van der Waals surface area (Å²) < 4.78 is 0. The summed E-state index contributed by atoms with van der Waals surface area (Å²) in [5.41, 5.74) is 3.14. The number of carbonyl (C=O) groups excluding carboxylic acids is 2. The van der Waals surface area contributed by atoms with Gasteiger partial charge < -0.3 is 15.4 Å². The van der Waals surface area contributed by atoms with Gasteiger partial charge in [0.2, 0.25) is 0 Å². The molecule has 2 heterocycles. The lowest BCUT2D eigenvalue weighted by atomic mass is 9.92. The highest BCUT2D eigenvalue weighted by molar-refractivity contribution is 6.17. The molecule has 6 heteroatoms. The lowest BCUT2D eigenvalue weighted by molar-refractivity contribution is -0.137. The fourth-order valence-corrected chi connectivity index (χ4v) is 2.68. The van der Waals surface area contributed by atoms with Gasteiger partial charge in [0, 0.05) is 33.8 Å². The first kappa shape index (κ1) is 16.3. The second-order valence-electron chi connectivity index (χ2n) is 6.94. The Morgan fingerprint density at radius 3 is 2.62 bits per heavy atom. The normalized spacial score (nSPS) is 15.3. The summed E-state index contributed by atoms with van der Waals surface area (Å²) >= 11 is 0. The van der Waals surface area contributed by atoms with E-state index in [1.54, 1.807) is 0 Å². The highest BCUT2D eigenvalue weighted by atomic mass is 16.3. The number of aliphatic hydroxyl groups excluding tert-OH is 1. The summed E-state index contributed by atoms with van der Waals surface area (Å²) in [5, 5.41) is 13.0. The Morgan fingerprint density at radius 2 is 1.96 bits per heavy atom. The fourth-order valence-electron chi connectivity index (χ4n) is 2.68. The van der Waals surface area contributed by atoms with Gasteiger partial charge in [0.1, 0.15) is 5.70 Å². The zero-order chi connectivity index (χ0) is 17.5. The zero-order valence-corrected chi connectivity index (χ0v) is 14.0. The average molecular weight is 327 g/mol. The predicted octanol–water partition coefficient (Wildman–Crippen LogP) is 2.12. The van der Waals surface area contributed by atoms with Gasteiger partial charge in [-0.15, -0.1) is 0 Å². The molecule has 0 saturated carbocycles. The summed E-state index contributed by atoms with van der Waals surface area (Å²) in [6, 6.07) is 7.84. The van der Waals surface area contributed by atoms with Crippen molar-refractivity contribution in [1.29, 1.82) is 0 Å². The highest BCUT2D eigenvalue weighted by Gasteiger charge is 2.30. The number of H-pyrrole nitrogens is 1. The summed E-state index contributed by atoms with van der Waals surface area (Å²) in [7, 11) is 0. The monoisotopic (exact) mass is 327 g/mol. The SMILES string of the molecule is CC(C)(C)c1cc2cc(NC3=CC(=O)N(CCO)C3=O)ccc2[nH]1. The maximum absolute atomic E-state index is 12.2. The van der Waals surface area contributed by atoms with Crippen LogP contribution in [0.2, 0.25) is 0 Å². The predicted molar refractivity (Wildman–Crippen MR) is 92.5 cm³/mol. The number of hydrogen-bond acceptors (Lipinski definition) is 4. The molecular formula is C18H21N3O3. The first-order chi connectivity index (χ1) is 11.3. The average Bonchev–Trinajstić information content (AvgIpc) is 3.04. The third kappa shape index (κ3) is 2.92. The maximum atomic E-state index is 12.2. The number of nitrogens with zero attached hydrogens (tertiary/aromatic N) is 1. The molecule has 24 heavy (non-hydrogen) atoms. The van der Waals surface area contributed by atoms with E-state index in [2.05, 4.69) is 37.1 Å². The lowest BCUT2D eigenvalue weighted by Gasteiger charge is -2.15. The second kappa shape index (κ2) is 5.79. The number of rotatable bonds is 4. The molecule has 2 amide bonds. The summed E-state index contributed by atoms with van der Waals surface area (Å²) in [6.07, 6.45) is 1.26. The maximum Gasteiger partial charge on any atom is 0.277 e. The number of carbonyl (C=O) groups is 2. The minimum atomic E-state index is -0.418. The number of β-amino-alcohol motifs (C(OH)–C–C–N with tert-alkyl or cyclic N) is 1. The van der Waals surface area contributed by atoms with E-state index < -0.39 is 11.8 Å². The van der Waals surface area contributed by atoms with Gasteiger partial charge in [0.05, 0.1) is 13.2 Å². The van der Waals surface area contributed by atoms with Crippen LogP contribution in [-0.2, 0) is 15.0 Å². The van der Waals surface area contributed by atoms with E-state index in [0.29, 0.717) is 0 Å². The van der Waals surface area contributed by atoms with Crippen LogP contribution >= 0.6 is 0 Å². The molecule has 1 aliphatic rings. The third-order valence-electron chi connectivity index (χ3n) is 4.04. The number of aromatic nitrogens is 1. The first-order valence-corrected chi connectivity index (χ1v) is 7.88. The number of imide groups is 1. The van der Waals surface area contributed by atoms with Gasteiger partial charge in [-0.2, -0.15) is 0 Å². The molecule has 0 bridgehead atoms. The van der Waals surface area contributed by atoms with E-state index in [4.69, 9.17) is 5.11 Å². The number of amides is 2. The molecule has 1 aromatic carbocycles. The number of aromatic amines is 1. The molecule has 0 saturated heterocycles. The van der Waals surface area contributed by atoms with Gasteiger partial charge in [-0.25, -0.2) is 0 Å². The standard InChI is InChI=1S/C18H21N3O3/c1-18(2,3)15-9-11-8-12(4-5-13(11)20-15)19-14-10-16(23)21(6-7-22)17(14)24/h4-5,8-10,19-20,22H,6-7H2,1-3H3. The van der Waals surface area contributed by atoms with Crippen molar-refractivity contribution in [2.45, 2.75) is 26.2 Å². The van der Waals surface area contributed by atoms with Gasteiger partial charge in [0.15, 0.2) is 0 Å². The van der Waals surface area contributed by atoms with Crippen molar-refractivity contribution >= 4 is 28.4 Å². The Balaban J connectivity index is 1.85. The van der Waals surface area contributed by atoms with Gasteiger partial charge in [-0.1, -0.05) is 20.8 Å². The van der Waals surface area contributed by atoms with E-state index >= 15 is 0 Å². The molecule has 3 rings (SSSR count). The Morgan fingerprint density at radius 1 is 1.21 bits per heavy atom. The molecule has 1 aliphatic heterocycles. The number of benzene rings is 1. The lowest BCUT2D eigenvalue weighted by Crippen LogP contribution is -2.34. The smallest absolute Gasteiger partial charge is 0.277 e. The van der Waals surface area contributed by atoms with Gasteiger partial charge >= 0.3 is 0 Å². The van der Waals surface area contributed by atoms with Crippen LogP contribution in [0.1, 0.15) is 26.5 Å². The molecule has 3 N–H and O–H groups in total. The molecule has 0 atom stereocenters. The summed E-state index contributed by atoms with van der Waals surface area (Å²) in [6.45, 7) is 6.18. The van der Waals surface area contributed by atoms with Crippen molar-refractivity contribution in [1.82, 2.24) is 9.88 Å². The molecule has 0 radical (unpaired) electrons. The van der Waals surface area contributed by atoms with E-state index in [0.717, 1.165) is 27.2 Å². The van der Waals surface area contributed by atoms with Crippen molar-refractivity contribution in [3.8, 4) is 0 Å². The van der Waals surface area contributed by atoms with Crippen molar-refractivity contribution in [2.24, 2.45) is 0 Å². The largest absolute Gasteiger partial charge is 0.395 e. The number of nitrogens with one attached hydrogen (secondary N) is 2. The fraction of sp³-hybridized carbons (Fsp3) is 0.333. The van der Waals surface area contributed by atoms with Crippen LogP contribution < -0.4 is 5.32 Å². The van der Waals surface area contributed by atoms with Gasteiger partial charge in [0.25, 0.3) is 11.8 Å². The second-order valence-corrected chi connectivity index (χ2v) is 6.94. The summed E-state index contributed by atoms with van der Waals surface area (Å²) in [4.78, 5) is 28.4. The molecule has 0 spiro atoms. The van der Waals surface area contributed by atoms with Gasteiger partial charge in [-0.05, 0) is 24.3 Å². The molecule has 1 aromatic heterocycles. The number of aliphatic hydroxyl groups is 1. The summed E-state index contributed by atoms with van der Waals surface area (Å²) in [5.74, 6) is -0.826. The van der Waals surface area contributed by atoms with Crippen LogP contribution in [0, 0.1) is 0 Å². The van der Waals surface area contributed by atoms with Crippen LogP contribution in [0.25, 0.3) is 10.9 Å². The van der Waals surface area contributed by atoms with Gasteiger partial charge in [-0.3, -0.25) is 14.5 Å². The minimum absolute atomic E-state index is 0.00509. The molecule has 0 aliphatic carbocycles. The minimum Gasteiger partial charge on any atom is -0.395 e. The Kier molecular flexibility index (Phi) is 3.93. The van der Waals surface area contributed by atoms with E-state index in [1.165, 1.54) is 6.08 Å². The zero-order valence-electron chi connectivity index (χ0n) is 14.0. The topological polar surface area (TPSA) is 85.4 Å². The molecule has 2 aromatic rings. The van der Waals surface area contributed by atoms with Crippen molar-refractivity contribution in [3.05, 3.63) is 41.7 Å². The molecule has 0 unspecified atom stereocenters. The van der Waals surface area contributed by atoms with Crippen molar-refractivity contribution < 1.29 is 14.7 Å². The van der Waals surface area contributed by atoms with Crippen LogP contribution in [-0.4, -0.2) is 40.0 Å². The Hall–Kier alpha value is -2.60. The van der Waals surface area contributed by atoms with Crippen LogP contribution in [0.3, 0.4) is 0 Å². The van der Waals surface area contributed by atoms with Crippen LogP contribution in [0.15, 0.2) is 36.0 Å². The molecule has 0 fully saturated rings. The Bertz CT molecular complexity index is 843. The van der Waals surface area contributed by atoms with E-state index in [-0.39, 0.29) is 24.3 Å². The molecule has 126 valence electrons. The third-order valence-corrected chi connectivity index (χ3v) is 4.04. The number of hydrogen-bond donors (Lipinski definition) is 3. The molecular weight excluding hydrogens is 306 g/mol. The van der Waals surface area contributed by atoms with E-state index in [9.17, 15) is 9.59 Å². The molecule has 6 nitrogen and oxygen atoms in total. The van der Waals surface area contributed by atoms with Crippen molar-refractivity contribution in [2.75, 3.05) is 18.5 Å². The van der Waals surface area contributed by atoms with Crippen LogP contribution in [0.5, 0.6) is 0 Å². The quantitative estimate of drug-likeness (QED) is 0.751. The number of anilines is 1. The number of fused-ring (bicyclic) bond motifs is 1. The highest BCUT2D eigenvalue weighted by Crippen LogP contribution is 2.28.